The number of aryl methyl sites for hydroxylation is 1. The van der Waals surface area contributed by atoms with Gasteiger partial charge in [0.2, 0.25) is 5.91 Å². The lowest BCUT2D eigenvalue weighted by Gasteiger charge is -2.03. The molecule has 1 aromatic carbocycles. The molecule has 19 heavy (non-hydrogen) atoms. The Labute approximate surface area is 109 Å². The van der Waals surface area contributed by atoms with Crippen molar-refractivity contribution in [2.24, 2.45) is 0 Å². The average molecular weight is 262 g/mol. The highest BCUT2D eigenvalue weighted by Gasteiger charge is 2.07. The van der Waals surface area contributed by atoms with Crippen molar-refractivity contribution in [3.63, 3.8) is 0 Å². The zero-order chi connectivity index (χ0) is 13.8. The summed E-state index contributed by atoms with van der Waals surface area (Å²) in [5, 5.41) is 11.0. The number of oxazole rings is 1. The quantitative estimate of drug-likeness (QED) is 0.791. The van der Waals surface area contributed by atoms with Gasteiger partial charge in [0, 0.05) is 13.5 Å². The molecule has 0 aliphatic rings. The SMILES string of the molecule is Cc1nc2cc(CCNC(=O)CC(=O)O)ccc2o1. The number of hydrogen-bond acceptors (Lipinski definition) is 4. The summed E-state index contributed by atoms with van der Waals surface area (Å²) in [6.45, 7) is 2.18. The summed E-state index contributed by atoms with van der Waals surface area (Å²) >= 11 is 0. The van der Waals surface area contributed by atoms with E-state index < -0.39 is 18.3 Å². The monoisotopic (exact) mass is 262 g/mol. The molecule has 2 rings (SSSR count). The van der Waals surface area contributed by atoms with Gasteiger partial charge in [-0.05, 0) is 24.1 Å². The van der Waals surface area contributed by atoms with Crippen molar-refractivity contribution in [3.8, 4) is 0 Å². The highest BCUT2D eigenvalue weighted by atomic mass is 16.4. The third-order valence-corrected chi connectivity index (χ3v) is 2.61. The van der Waals surface area contributed by atoms with Crippen LogP contribution >= 0.6 is 0 Å². The van der Waals surface area contributed by atoms with Gasteiger partial charge < -0.3 is 14.8 Å². The molecule has 1 heterocycles. The molecule has 0 spiro atoms. The second-order valence-corrected chi connectivity index (χ2v) is 4.21. The van der Waals surface area contributed by atoms with Crippen LogP contribution in [0.5, 0.6) is 0 Å². The lowest BCUT2D eigenvalue weighted by molar-refractivity contribution is -0.140. The van der Waals surface area contributed by atoms with Crippen molar-refractivity contribution in [3.05, 3.63) is 29.7 Å². The van der Waals surface area contributed by atoms with Gasteiger partial charge in [-0.25, -0.2) is 4.98 Å². The summed E-state index contributed by atoms with van der Waals surface area (Å²) in [4.78, 5) is 25.7. The van der Waals surface area contributed by atoms with Crippen LogP contribution in [0.25, 0.3) is 11.1 Å². The second kappa shape index (κ2) is 5.51. The molecule has 0 bridgehead atoms. The lowest BCUT2D eigenvalue weighted by Crippen LogP contribution is -2.27. The Morgan fingerprint density at radius 3 is 2.95 bits per heavy atom. The number of carboxylic acids is 1. The van der Waals surface area contributed by atoms with Gasteiger partial charge in [0.1, 0.15) is 11.9 Å². The maximum atomic E-state index is 11.1. The van der Waals surface area contributed by atoms with Gasteiger partial charge in [0.05, 0.1) is 0 Å². The van der Waals surface area contributed by atoms with Gasteiger partial charge in [0.25, 0.3) is 0 Å². The van der Waals surface area contributed by atoms with Crippen LogP contribution in [-0.4, -0.2) is 28.5 Å². The van der Waals surface area contributed by atoms with E-state index in [0.717, 1.165) is 16.7 Å². The fourth-order valence-corrected chi connectivity index (χ4v) is 1.79. The number of nitrogens with one attached hydrogen (secondary N) is 1. The third kappa shape index (κ3) is 3.54. The van der Waals surface area contributed by atoms with Gasteiger partial charge in [-0.1, -0.05) is 6.07 Å². The Morgan fingerprint density at radius 1 is 1.42 bits per heavy atom. The minimum absolute atomic E-state index is 0.397. The maximum Gasteiger partial charge on any atom is 0.312 e. The average Bonchev–Trinajstić information content (AvgIpc) is 2.67. The zero-order valence-electron chi connectivity index (χ0n) is 10.5. The molecule has 0 unspecified atom stereocenters. The molecule has 0 saturated carbocycles. The number of fused-ring (bicyclic) bond motifs is 1. The normalized spacial score (nSPS) is 10.6. The predicted octanol–water partition coefficient (Wildman–Crippen LogP) is 1.27. The first kappa shape index (κ1) is 13.1. The molecule has 2 N–H and O–H groups in total. The van der Waals surface area contributed by atoms with Crippen molar-refractivity contribution in [2.45, 2.75) is 19.8 Å². The number of amides is 1. The van der Waals surface area contributed by atoms with Crippen molar-refractivity contribution in [1.29, 1.82) is 0 Å². The molecule has 1 aromatic heterocycles. The maximum absolute atomic E-state index is 11.1. The van der Waals surface area contributed by atoms with E-state index >= 15 is 0 Å². The first-order valence-corrected chi connectivity index (χ1v) is 5.89. The molecule has 1 amide bonds. The van der Waals surface area contributed by atoms with E-state index in [0.29, 0.717) is 18.9 Å². The Hall–Kier alpha value is -2.37. The van der Waals surface area contributed by atoms with Crippen molar-refractivity contribution >= 4 is 23.0 Å². The number of aliphatic carboxylic acids is 1. The third-order valence-electron chi connectivity index (χ3n) is 2.61. The molecular formula is C13H14N2O4. The molecule has 100 valence electrons. The molecule has 6 heteroatoms. The van der Waals surface area contributed by atoms with Crippen LogP contribution in [0.1, 0.15) is 17.9 Å². The van der Waals surface area contributed by atoms with Crippen LogP contribution in [0.4, 0.5) is 0 Å². The van der Waals surface area contributed by atoms with E-state index in [4.69, 9.17) is 9.52 Å². The first-order valence-electron chi connectivity index (χ1n) is 5.89. The Bertz CT molecular complexity index is 618. The second-order valence-electron chi connectivity index (χ2n) is 4.21. The molecule has 0 fully saturated rings. The van der Waals surface area contributed by atoms with Crippen LogP contribution in [-0.2, 0) is 16.0 Å². The van der Waals surface area contributed by atoms with Gasteiger partial charge in [-0.2, -0.15) is 0 Å². The van der Waals surface area contributed by atoms with Crippen LogP contribution in [0.2, 0.25) is 0 Å². The number of carbonyl (C=O) groups is 2. The summed E-state index contributed by atoms with van der Waals surface area (Å²) in [6.07, 6.45) is 0.120. The molecule has 2 aromatic rings. The number of benzene rings is 1. The topological polar surface area (TPSA) is 92.4 Å². The number of rotatable bonds is 5. The van der Waals surface area contributed by atoms with E-state index in [2.05, 4.69) is 10.3 Å². The van der Waals surface area contributed by atoms with Crippen LogP contribution < -0.4 is 5.32 Å². The number of aromatic nitrogens is 1. The largest absolute Gasteiger partial charge is 0.481 e. The molecule has 0 aliphatic heterocycles. The molecule has 0 saturated heterocycles. The molecule has 0 radical (unpaired) electrons. The summed E-state index contributed by atoms with van der Waals surface area (Å²) in [6, 6.07) is 5.63. The van der Waals surface area contributed by atoms with Gasteiger partial charge in [-0.15, -0.1) is 0 Å². The Kier molecular flexibility index (Phi) is 3.79. The van der Waals surface area contributed by atoms with Gasteiger partial charge in [0.15, 0.2) is 11.5 Å². The smallest absolute Gasteiger partial charge is 0.312 e. The highest BCUT2D eigenvalue weighted by Crippen LogP contribution is 2.16. The molecule has 6 nitrogen and oxygen atoms in total. The van der Waals surface area contributed by atoms with Crippen LogP contribution in [0, 0.1) is 6.92 Å². The van der Waals surface area contributed by atoms with Gasteiger partial charge in [-0.3, -0.25) is 9.59 Å². The predicted molar refractivity (Wildman–Crippen MR) is 67.7 cm³/mol. The van der Waals surface area contributed by atoms with Crippen molar-refractivity contribution in [1.82, 2.24) is 10.3 Å². The standard InChI is InChI=1S/C13H14N2O4/c1-8-15-10-6-9(2-3-11(10)19-8)4-5-14-12(16)7-13(17)18/h2-3,6H,4-5,7H2,1H3,(H,14,16)(H,17,18). The van der Waals surface area contributed by atoms with E-state index in [9.17, 15) is 9.59 Å². The van der Waals surface area contributed by atoms with Crippen LogP contribution in [0.3, 0.4) is 0 Å². The zero-order valence-corrected chi connectivity index (χ0v) is 10.5. The van der Waals surface area contributed by atoms with Gasteiger partial charge >= 0.3 is 5.97 Å². The Balaban J connectivity index is 1.91. The fourth-order valence-electron chi connectivity index (χ4n) is 1.79. The number of hydrogen-bond donors (Lipinski definition) is 2. The summed E-state index contributed by atoms with van der Waals surface area (Å²) in [5.41, 5.74) is 2.53. The number of carbonyl (C=O) groups excluding carboxylic acids is 1. The number of nitrogens with zero attached hydrogens (tertiary/aromatic N) is 1. The Morgan fingerprint density at radius 2 is 2.21 bits per heavy atom. The number of carboxylic acid groups (broad SMARTS) is 1. The summed E-state index contributed by atoms with van der Waals surface area (Å²) in [7, 11) is 0. The van der Waals surface area contributed by atoms with E-state index in [1.54, 1.807) is 6.92 Å². The summed E-state index contributed by atoms with van der Waals surface area (Å²) in [5.74, 6) is -0.996. The van der Waals surface area contributed by atoms with E-state index in [1.165, 1.54) is 0 Å². The molecular weight excluding hydrogens is 248 g/mol. The van der Waals surface area contributed by atoms with E-state index in [1.807, 2.05) is 18.2 Å². The van der Waals surface area contributed by atoms with Crippen molar-refractivity contribution in [2.75, 3.05) is 6.54 Å². The summed E-state index contributed by atoms with van der Waals surface area (Å²) < 4.78 is 5.36. The van der Waals surface area contributed by atoms with Crippen molar-refractivity contribution < 1.29 is 19.1 Å². The lowest BCUT2D eigenvalue weighted by atomic mass is 10.1. The highest BCUT2D eigenvalue weighted by molar-refractivity contribution is 5.93. The minimum atomic E-state index is -1.13. The first-order chi connectivity index (χ1) is 9.04. The van der Waals surface area contributed by atoms with E-state index in [-0.39, 0.29) is 0 Å². The molecule has 0 atom stereocenters. The minimum Gasteiger partial charge on any atom is -0.481 e. The van der Waals surface area contributed by atoms with Crippen LogP contribution in [0.15, 0.2) is 22.6 Å². The fraction of sp³-hybridized carbons (Fsp3) is 0.308. The molecule has 0 aliphatic carbocycles.